The molecule has 1 saturated carbocycles. The topological polar surface area (TPSA) is 101 Å². The zero-order chi connectivity index (χ0) is 11.9. The maximum absolute atomic E-state index is 10.4. The van der Waals surface area contributed by atoms with E-state index in [1.54, 1.807) is 0 Å². The average Bonchev–Trinajstić information content (AvgIpc) is 2.19. The normalized spacial score (nSPS) is 16.6. The van der Waals surface area contributed by atoms with Crippen LogP contribution in [0, 0.1) is 5.92 Å². The van der Waals surface area contributed by atoms with Gasteiger partial charge in [-0.2, -0.15) is 8.42 Å². The zero-order valence-electron chi connectivity index (χ0n) is 11.3. The van der Waals surface area contributed by atoms with Crippen molar-refractivity contribution in [1.82, 2.24) is 0 Å². The van der Waals surface area contributed by atoms with Gasteiger partial charge in [0.25, 0.3) is 0 Å². The van der Waals surface area contributed by atoms with Crippen molar-refractivity contribution in [1.29, 1.82) is 0 Å². The summed E-state index contributed by atoms with van der Waals surface area (Å²) in [6, 6.07) is 0. The first-order valence-corrected chi connectivity index (χ1v) is 5.99. The summed E-state index contributed by atoms with van der Waals surface area (Å²) in [5.74, 6) is -0.631. The van der Waals surface area contributed by atoms with E-state index in [4.69, 9.17) is 9.66 Å². The summed E-state index contributed by atoms with van der Waals surface area (Å²) in [6.07, 6.45) is 5.24. The van der Waals surface area contributed by atoms with E-state index in [1.165, 1.54) is 6.42 Å². The van der Waals surface area contributed by atoms with Crippen molar-refractivity contribution in [2.75, 3.05) is 7.11 Å². The van der Waals surface area contributed by atoms with E-state index in [-0.39, 0.29) is 31.8 Å². The summed E-state index contributed by atoms with van der Waals surface area (Å²) in [4.78, 5) is 10.4. The predicted molar refractivity (Wildman–Crippen MR) is 60.7 cm³/mol. The second-order valence-corrected chi connectivity index (χ2v) is 4.46. The van der Waals surface area contributed by atoms with Gasteiger partial charge in [0, 0.05) is 0 Å². The van der Waals surface area contributed by atoms with Crippen LogP contribution in [0.5, 0.6) is 0 Å². The van der Waals surface area contributed by atoms with Crippen LogP contribution in [0.1, 0.15) is 35.0 Å². The molecule has 2 N–H and O–H groups in total. The minimum absolute atomic E-state index is 0. The van der Waals surface area contributed by atoms with Crippen LogP contribution in [0.15, 0.2) is 0 Å². The predicted octanol–water partition coefficient (Wildman–Crippen LogP) is 0.931. The minimum atomic E-state index is -4.16. The average molecular weight is 267 g/mol. The molecular weight excluding hydrogens is 248 g/mol. The molecule has 0 spiro atoms. The molecule has 1 rings (SSSR count). The van der Waals surface area contributed by atoms with Gasteiger partial charge in [-0.05, 0) is 12.8 Å². The van der Waals surface area contributed by atoms with E-state index < -0.39 is 16.4 Å². The van der Waals surface area contributed by atoms with Gasteiger partial charge in [-0.3, -0.25) is 13.5 Å². The number of rotatable bonds is 2. The Bertz CT molecular complexity index is 292. The molecule has 0 atom stereocenters. The Balaban J connectivity index is -0.0000000992. The summed E-state index contributed by atoms with van der Waals surface area (Å²) in [6.45, 7) is 0. The van der Waals surface area contributed by atoms with Crippen molar-refractivity contribution in [3.63, 3.8) is 0 Å². The molecule has 0 aliphatic heterocycles. The van der Waals surface area contributed by atoms with Gasteiger partial charge in [0.2, 0.25) is 0 Å². The first-order chi connectivity index (χ1) is 6.87. The third kappa shape index (κ3) is 10.6. The Hall–Kier alpha value is 0.106. The van der Waals surface area contributed by atoms with Gasteiger partial charge in [-0.15, -0.1) is 0 Å². The SMILES string of the molecule is COS(=O)(=O)O.O=C(O)C1CCCCC1.[H-].[H-].[Mg+2]. The molecule has 1 fully saturated rings. The molecule has 0 radical (unpaired) electrons. The van der Waals surface area contributed by atoms with Crippen LogP contribution in [0.3, 0.4) is 0 Å². The number of carbonyl (C=O) groups is 1. The van der Waals surface area contributed by atoms with Crippen LogP contribution in [0.2, 0.25) is 0 Å². The Labute approximate surface area is 114 Å². The molecule has 6 nitrogen and oxygen atoms in total. The number of carboxylic acid groups (broad SMARTS) is 1. The molecule has 8 heteroatoms. The molecule has 0 saturated heterocycles. The van der Waals surface area contributed by atoms with Crippen molar-refractivity contribution in [2.45, 2.75) is 32.1 Å². The third-order valence-corrected chi connectivity index (χ3v) is 2.59. The Kier molecular flexibility index (Phi) is 10.6. The van der Waals surface area contributed by atoms with Crippen LogP contribution >= 0.6 is 0 Å². The largest absolute Gasteiger partial charge is 2.00 e. The van der Waals surface area contributed by atoms with Gasteiger partial charge < -0.3 is 7.96 Å². The van der Waals surface area contributed by atoms with E-state index in [1.807, 2.05) is 0 Å². The molecule has 0 unspecified atom stereocenters. The van der Waals surface area contributed by atoms with Gasteiger partial charge in [0.05, 0.1) is 13.0 Å². The van der Waals surface area contributed by atoms with Gasteiger partial charge in [0.1, 0.15) is 0 Å². The van der Waals surface area contributed by atoms with Gasteiger partial charge in [-0.25, -0.2) is 0 Å². The molecular formula is C8H18MgO6S. The molecule has 0 heterocycles. The molecule has 0 amide bonds. The molecule has 0 aromatic rings. The fraction of sp³-hybridized carbons (Fsp3) is 0.875. The van der Waals surface area contributed by atoms with Crippen molar-refractivity contribution in [3.8, 4) is 0 Å². The number of aliphatic carboxylic acids is 1. The monoisotopic (exact) mass is 266 g/mol. The quantitative estimate of drug-likeness (QED) is 0.569. The summed E-state index contributed by atoms with van der Waals surface area (Å²) in [5, 5.41) is 8.54. The fourth-order valence-corrected chi connectivity index (χ4v) is 1.35. The second-order valence-electron chi connectivity index (χ2n) is 3.27. The Morgan fingerprint density at radius 1 is 1.31 bits per heavy atom. The summed E-state index contributed by atoms with van der Waals surface area (Å²) in [5.41, 5.74) is 0. The first kappa shape index (κ1) is 18.5. The van der Waals surface area contributed by atoms with Crippen LogP contribution in [0.25, 0.3) is 0 Å². The van der Waals surface area contributed by atoms with Crippen LogP contribution in [-0.2, 0) is 19.4 Å². The smallest absolute Gasteiger partial charge is 1.00 e. The fourth-order valence-electron chi connectivity index (χ4n) is 1.35. The van der Waals surface area contributed by atoms with Crippen LogP contribution in [0.4, 0.5) is 0 Å². The molecule has 0 bridgehead atoms. The summed E-state index contributed by atoms with van der Waals surface area (Å²) >= 11 is 0. The number of hydrogen-bond acceptors (Lipinski definition) is 4. The Morgan fingerprint density at radius 3 is 1.88 bits per heavy atom. The molecule has 1 aliphatic rings. The standard InChI is InChI=1S/C7H12O2.CH4O4S.Mg.2H/c8-7(9)6-4-2-1-3-5-6;1-5-6(2,3)4;;;/h6H,1-5H2,(H,8,9);1H3,(H,2,3,4);;;/q;;+2;2*-1. The van der Waals surface area contributed by atoms with Gasteiger partial charge in [-0.1, -0.05) is 19.3 Å². The van der Waals surface area contributed by atoms with Crippen LogP contribution < -0.4 is 0 Å². The van der Waals surface area contributed by atoms with E-state index in [9.17, 15) is 13.2 Å². The zero-order valence-corrected chi connectivity index (χ0v) is 11.5. The van der Waals surface area contributed by atoms with Crippen molar-refractivity contribution < 1.29 is 29.9 Å². The second kappa shape index (κ2) is 9.17. The summed E-state index contributed by atoms with van der Waals surface area (Å²) in [7, 11) is -3.29. The van der Waals surface area contributed by atoms with Crippen molar-refractivity contribution in [3.05, 3.63) is 0 Å². The molecule has 94 valence electrons. The number of hydrogen-bond donors (Lipinski definition) is 2. The molecule has 16 heavy (non-hydrogen) atoms. The summed E-state index contributed by atoms with van der Waals surface area (Å²) < 4.78 is 29.7. The Morgan fingerprint density at radius 2 is 1.69 bits per heavy atom. The molecule has 1 aliphatic carbocycles. The van der Waals surface area contributed by atoms with E-state index in [2.05, 4.69) is 4.18 Å². The molecule has 0 aromatic carbocycles. The maximum atomic E-state index is 10.4. The van der Waals surface area contributed by atoms with Gasteiger partial charge >= 0.3 is 39.4 Å². The van der Waals surface area contributed by atoms with Crippen molar-refractivity contribution >= 4 is 39.4 Å². The van der Waals surface area contributed by atoms with Gasteiger partial charge in [0.15, 0.2) is 0 Å². The first-order valence-electron chi connectivity index (χ1n) is 4.62. The number of carboxylic acids is 1. The van der Waals surface area contributed by atoms with Crippen molar-refractivity contribution in [2.24, 2.45) is 5.92 Å². The third-order valence-electron chi connectivity index (χ3n) is 2.17. The van der Waals surface area contributed by atoms with E-state index in [0.717, 1.165) is 32.8 Å². The van der Waals surface area contributed by atoms with E-state index >= 15 is 0 Å². The minimum Gasteiger partial charge on any atom is -1.00 e. The van der Waals surface area contributed by atoms with E-state index in [0.29, 0.717) is 0 Å². The maximum Gasteiger partial charge on any atom is 2.00 e. The molecule has 0 aromatic heterocycles. The van der Waals surface area contributed by atoms with Crippen LogP contribution in [-0.4, -0.2) is 54.2 Å².